The van der Waals surface area contributed by atoms with Crippen LogP contribution in [0.1, 0.15) is 33.5 Å². The number of carbonyl (C=O) groups is 1. The van der Waals surface area contributed by atoms with Crippen LogP contribution in [0.5, 0.6) is 5.75 Å². The van der Waals surface area contributed by atoms with Crippen LogP contribution >= 0.6 is 0 Å². The molecule has 2 aromatic rings. The van der Waals surface area contributed by atoms with Crippen molar-refractivity contribution in [2.45, 2.75) is 38.8 Å². The predicted molar refractivity (Wildman–Crippen MR) is 112 cm³/mol. The van der Waals surface area contributed by atoms with Crippen LogP contribution in [0.15, 0.2) is 36.4 Å². The normalized spacial score (nSPS) is 18.8. The SMILES string of the molecule is Cc1cc(N2CCC(N(C)C)C2)cc2c1C(=O)N(Cc1ccc(OC(F)(F)F)cc1)C2. The number of fused-ring (bicyclic) bond motifs is 1. The highest BCUT2D eigenvalue weighted by molar-refractivity contribution is 6.00. The van der Waals surface area contributed by atoms with Crippen LogP contribution in [0.2, 0.25) is 0 Å². The monoisotopic (exact) mass is 433 g/mol. The summed E-state index contributed by atoms with van der Waals surface area (Å²) in [4.78, 5) is 19.3. The third-order valence-corrected chi connectivity index (χ3v) is 6.05. The summed E-state index contributed by atoms with van der Waals surface area (Å²) >= 11 is 0. The molecular formula is C23H26F3N3O2. The van der Waals surface area contributed by atoms with E-state index >= 15 is 0 Å². The van der Waals surface area contributed by atoms with E-state index in [0.717, 1.165) is 47.5 Å². The summed E-state index contributed by atoms with van der Waals surface area (Å²) in [6.07, 6.45) is -3.60. The van der Waals surface area contributed by atoms with Gasteiger partial charge in [-0.05, 0) is 68.4 Å². The molecule has 8 heteroatoms. The van der Waals surface area contributed by atoms with Crippen molar-refractivity contribution >= 4 is 11.6 Å². The van der Waals surface area contributed by atoms with Gasteiger partial charge in [0.15, 0.2) is 0 Å². The second-order valence-corrected chi connectivity index (χ2v) is 8.50. The smallest absolute Gasteiger partial charge is 0.406 e. The van der Waals surface area contributed by atoms with Gasteiger partial charge < -0.3 is 19.4 Å². The van der Waals surface area contributed by atoms with Gasteiger partial charge in [0.2, 0.25) is 0 Å². The number of likely N-dealkylation sites (N-methyl/N-ethyl adjacent to an activating group) is 1. The maximum Gasteiger partial charge on any atom is 0.573 e. The molecule has 2 heterocycles. The fraction of sp³-hybridized carbons (Fsp3) is 0.435. The third-order valence-electron chi connectivity index (χ3n) is 6.05. The molecule has 4 rings (SSSR count). The molecule has 1 saturated heterocycles. The number of hydrogen-bond donors (Lipinski definition) is 0. The zero-order chi connectivity index (χ0) is 22.3. The average Bonchev–Trinajstić information content (AvgIpc) is 3.28. The van der Waals surface area contributed by atoms with Gasteiger partial charge in [-0.3, -0.25) is 4.79 Å². The van der Waals surface area contributed by atoms with Crippen molar-refractivity contribution in [3.05, 3.63) is 58.7 Å². The Morgan fingerprint density at radius 1 is 1.16 bits per heavy atom. The molecule has 0 aromatic heterocycles. The largest absolute Gasteiger partial charge is 0.573 e. The number of ether oxygens (including phenoxy) is 1. The number of hydrogen-bond acceptors (Lipinski definition) is 4. The lowest BCUT2D eigenvalue weighted by Gasteiger charge is -2.22. The van der Waals surface area contributed by atoms with Crippen molar-refractivity contribution in [3.8, 4) is 5.75 Å². The third kappa shape index (κ3) is 4.63. The lowest BCUT2D eigenvalue weighted by Crippen LogP contribution is -2.31. The zero-order valence-corrected chi connectivity index (χ0v) is 17.9. The van der Waals surface area contributed by atoms with Crippen molar-refractivity contribution < 1.29 is 22.7 Å². The first-order valence-corrected chi connectivity index (χ1v) is 10.3. The molecule has 31 heavy (non-hydrogen) atoms. The van der Waals surface area contributed by atoms with Crippen LogP contribution in [0.4, 0.5) is 18.9 Å². The fourth-order valence-corrected chi connectivity index (χ4v) is 4.43. The Kier molecular flexibility index (Phi) is 5.60. The molecule has 0 spiro atoms. The molecule has 0 aliphatic carbocycles. The Bertz CT molecular complexity index is 973. The minimum atomic E-state index is -4.72. The second kappa shape index (κ2) is 8.07. The molecule has 166 valence electrons. The summed E-state index contributed by atoms with van der Waals surface area (Å²) in [6.45, 7) is 4.75. The molecular weight excluding hydrogens is 407 g/mol. The number of rotatable bonds is 5. The average molecular weight is 433 g/mol. The Balaban J connectivity index is 1.47. The first-order chi connectivity index (χ1) is 14.6. The van der Waals surface area contributed by atoms with Crippen LogP contribution in [-0.2, 0) is 13.1 Å². The molecule has 1 atom stereocenters. The molecule has 2 aliphatic heterocycles. The Morgan fingerprint density at radius 3 is 2.48 bits per heavy atom. The minimum Gasteiger partial charge on any atom is -0.406 e. The first-order valence-electron chi connectivity index (χ1n) is 10.3. The number of carbonyl (C=O) groups excluding carboxylic acids is 1. The standard InChI is InChI=1S/C23H26F3N3O2/c1-15-10-19(28-9-8-18(14-28)27(2)3)11-17-13-29(22(30)21(15)17)12-16-4-6-20(7-5-16)31-23(24,25)26/h4-7,10-11,18H,8-9,12-14H2,1-3H3. The molecule has 0 saturated carbocycles. The Labute approximate surface area is 180 Å². The number of benzene rings is 2. The van der Waals surface area contributed by atoms with Gasteiger partial charge in [0, 0.05) is 43.5 Å². The number of halogens is 3. The number of nitrogens with zero attached hydrogens (tertiary/aromatic N) is 3. The highest BCUT2D eigenvalue weighted by atomic mass is 19.4. The van der Waals surface area contributed by atoms with Crippen LogP contribution in [0.25, 0.3) is 0 Å². The van der Waals surface area contributed by atoms with Crippen molar-refractivity contribution in [2.24, 2.45) is 0 Å². The van der Waals surface area contributed by atoms with Crippen LogP contribution < -0.4 is 9.64 Å². The lowest BCUT2D eigenvalue weighted by atomic mass is 10.0. The number of anilines is 1. The van der Waals surface area contributed by atoms with Crippen molar-refractivity contribution in [2.75, 3.05) is 32.1 Å². The highest BCUT2D eigenvalue weighted by Crippen LogP contribution is 2.33. The number of alkyl halides is 3. The summed E-state index contributed by atoms with van der Waals surface area (Å²) < 4.78 is 40.9. The van der Waals surface area contributed by atoms with Crippen molar-refractivity contribution in [1.82, 2.24) is 9.80 Å². The van der Waals surface area contributed by atoms with E-state index in [2.05, 4.69) is 40.8 Å². The van der Waals surface area contributed by atoms with E-state index in [1.54, 1.807) is 17.0 Å². The van der Waals surface area contributed by atoms with E-state index in [4.69, 9.17) is 0 Å². The van der Waals surface area contributed by atoms with Gasteiger partial charge in [-0.2, -0.15) is 0 Å². The molecule has 0 bridgehead atoms. The minimum absolute atomic E-state index is 0.0396. The molecule has 5 nitrogen and oxygen atoms in total. The maximum atomic E-state index is 13.0. The van der Waals surface area contributed by atoms with Crippen molar-refractivity contribution in [1.29, 1.82) is 0 Å². The summed E-state index contributed by atoms with van der Waals surface area (Å²) in [6, 6.07) is 10.4. The van der Waals surface area contributed by atoms with E-state index in [0.29, 0.717) is 19.1 Å². The zero-order valence-electron chi connectivity index (χ0n) is 17.9. The van der Waals surface area contributed by atoms with E-state index in [1.165, 1.54) is 12.1 Å². The highest BCUT2D eigenvalue weighted by Gasteiger charge is 2.32. The first kappa shape index (κ1) is 21.5. The molecule has 0 N–H and O–H groups in total. The van der Waals surface area contributed by atoms with Crippen LogP contribution in [0.3, 0.4) is 0 Å². The lowest BCUT2D eigenvalue weighted by molar-refractivity contribution is -0.274. The molecule has 1 amide bonds. The molecule has 0 radical (unpaired) electrons. The van der Waals surface area contributed by atoms with Gasteiger partial charge in [-0.15, -0.1) is 13.2 Å². The van der Waals surface area contributed by atoms with Gasteiger partial charge >= 0.3 is 6.36 Å². The van der Waals surface area contributed by atoms with Gasteiger partial charge in [-0.25, -0.2) is 0 Å². The number of amides is 1. The molecule has 1 fully saturated rings. The van der Waals surface area contributed by atoms with E-state index in [1.807, 2.05) is 6.92 Å². The summed E-state index contributed by atoms with van der Waals surface area (Å²) in [5, 5.41) is 0. The maximum absolute atomic E-state index is 13.0. The topological polar surface area (TPSA) is 36.0 Å². The summed E-state index contributed by atoms with van der Waals surface area (Å²) in [7, 11) is 4.20. The van der Waals surface area contributed by atoms with Gasteiger partial charge in [0.1, 0.15) is 5.75 Å². The second-order valence-electron chi connectivity index (χ2n) is 8.50. The van der Waals surface area contributed by atoms with Gasteiger partial charge in [0.05, 0.1) is 0 Å². The molecule has 2 aliphatic rings. The van der Waals surface area contributed by atoms with E-state index < -0.39 is 6.36 Å². The quantitative estimate of drug-likeness (QED) is 0.709. The Hall–Kier alpha value is -2.74. The van der Waals surface area contributed by atoms with E-state index in [9.17, 15) is 18.0 Å². The van der Waals surface area contributed by atoms with Gasteiger partial charge in [0.25, 0.3) is 5.91 Å². The summed E-state index contributed by atoms with van der Waals surface area (Å²) in [5.41, 5.74) is 4.60. The van der Waals surface area contributed by atoms with Crippen LogP contribution in [0, 0.1) is 6.92 Å². The molecule has 2 aromatic carbocycles. The molecule has 1 unspecified atom stereocenters. The van der Waals surface area contributed by atoms with Gasteiger partial charge in [-0.1, -0.05) is 12.1 Å². The Morgan fingerprint density at radius 2 is 1.87 bits per heavy atom. The predicted octanol–water partition coefficient (Wildman–Crippen LogP) is 4.19. The van der Waals surface area contributed by atoms with Crippen molar-refractivity contribution in [3.63, 3.8) is 0 Å². The van der Waals surface area contributed by atoms with Crippen LogP contribution in [-0.4, -0.2) is 55.3 Å². The fourth-order valence-electron chi connectivity index (χ4n) is 4.43. The summed E-state index contributed by atoms with van der Waals surface area (Å²) in [5.74, 6) is -0.309. The number of aryl methyl sites for hydroxylation is 1. The van der Waals surface area contributed by atoms with E-state index in [-0.39, 0.29) is 11.7 Å².